The largest absolute Gasteiger partial charge is 0.486 e. The highest BCUT2D eigenvalue weighted by molar-refractivity contribution is 5.91. The van der Waals surface area contributed by atoms with Gasteiger partial charge in [-0.05, 0) is 17.7 Å². The van der Waals surface area contributed by atoms with Crippen LogP contribution in [-0.4, -0.2) is 43.0 Å². The summed E-state index contributed by atoms with van der Waals surface area (Å²) >= 11 is 0. The van der Waals surface area contributed by atoms with E-state index < -0.39 is 0 Å². The van der Waals surface area contributed by atoms with Gasteiger partial charge < -0.3 is 19.7 Å². The van der Waals surface area contributed by atoms with Crippen molar-refractivity contribution in [3.63, 3.8) is 0 Å². The molecule has 1 aliphatic rings. The minimum absolute atomic E-state index is 0.113. The third-order valence-electron chi connectivity index (χ3n) is 4.38. The third kappa shape index (κ3) is 3.78. The van der Waals surface area contributed by atoms with Gasteiger partial charge in [0.25, 0.3) is 0 Å². The van der Waals surface area contributed by atoms with Crippen molar-refractivity contribution in [3.8, 4) is 22.6 Å². The number of anilines is 2. The molecule has 0 spiro atoms. The molecule has 4 rings (SSSR count). The summed E-state index contributed by atoms with van der Waals surface area (Å²) in [5.74, 6) is 1.99. The van der Waals surface area contributed by atoms with Gasteiger partial charge in [0.05, 0.1) is 0 Å². The van der Waals surface area contributed by atoms with Crippen molar-refractivity contribution in [2.75, 3.05) is 37.5 Å². The fourth-order valence-electron chi connectivity index (χ4n) is 3.11. The number of carbonyl (C=O) groups excluding carboxylic acids is 1. The molecule has 7 nitrogen and oxygen atoms in total. The van der Waals surface area contributed by atoms with Crippen molar-refractivity contribution in [2.45, 2.75) is 6.54 Å². The zero-order valence-electron chi connectivity index (χ0n) is 15.9. The molecule has 28 heavy (non-hydrogen) atoms. The zero-order chi connectivity index (χ0) is 19.5. The quantitative estimate of drug-likeness (QED) is 0.739. The molecule has 1 N–H and O–H groups in total. The van der Waals surface area contributed by atoms with Crippen LogP contribution >= 0.6 is 0 Å². The summed E-state index contributed by atoms with van der Waals surface area (Å²) in [4.78, 5) is 14.5. The molecular formula is C21H22N4O3. The maximum Gasteiger partial charge on any atom is 0.246 e. The lowest BCUT2D eigenvalue weighted by Crippen LogP contribution is -2.20. The van der Waals surface area contributed by atoms with Crippen LogP contribution in [0.15, 0.2) is 54.7 Å². The normalized spacial score (nSPS) is 12.5. The molecule has 144 valence electrons. The van der Waals surface area contributed by atoms with E-state index in [-0.39, 0.29) is 12.5 Å². The average Bonchev–Trinajstić information content (AvgIpc) is 3.12. The van der Waals surface area contributed by atoms with Crippen LogP contribution in [0.2, 0.25) is 0 Å². The number of ether oxygens (including phenoxy) is 2. The van der Waals surface area contributed by atoms with Crippen molar-refractivity contribution in [3.05, 3.63) is 54.7 Å². The second kappa shape index (κ2) is 7.64. The van der Waals surface area contributed by atoms with E-state index in [9.17, 15) is 4.79 Å². The SMILES string of the molecule is CN(C)c1nn(CC(=O)Nc2ccc3c(c2)OCCO3)cc1-c1ccccc1. The Morgan fingerprint density at radius 1 is 1.11 bits per heavy atom. The Balaban J connectivity index is 1.50. The van der Waals surface area contributed by atoms with E-state index in [4.69, 9.17) is 9.47 Å². The number of aromatic nitrogens is 2. The molecule has 0 bridgehead atoms. The lowest BCUT2D eigenvalue weighted by Gasteiger charge is -2.19. The van der Waals surface area contributed by atoms with Gasteiger partial charge in [-0.2, -0.15) is 5.10 Å². The fourth-order valence-corrected chi connectivity index (χ4v) is 3.11. The van der Waals surface area contributed by atoms with E-state index in [0.29, 0.717) is 30.4 Å². The fraction of sp³-hybridized carbons (Fsp3) is 0.238. The number of nitrogens with zero attached hydrogens (tertiary/aromatic N) is 3. The molecule has 0 radical (unpaired) electrons. The van der Waals surface area contributed by atoms with Crippen LogP contribution in [0.25, 0.3) is 11.1 Å². The first kappa shape index (κ1) is 17.9. The Kier molecular flexibility index (Phi) is 4.89. The minimum atomic E-state index is -0.163. The van der Waals surface area contributed by atoms with Gasteiger partial charge in [0, 0.05) is 37.6 Å². The summed E-state index contributed by atoms with van der Waals surface area (Å²) < 4.78 is 12.7. The maximum atomic E-state index is 12.5. The Morgan fingerprint density at radius 3 is 2.61 bits per heavy atom. The number of rotatable bonds is 5. The molecule has 0 aliphatic carbocycles. The molecule has 1 aromatic heterocycles. The monoisotopic (exact) mass is 378 g/mol. The number of carbonyl (C=O) groups is 1. The van der Waals surface area contributed by atoms with Gasteiger partial charge in [-0.15, -0.1) is 0 Å². The van der Waals surface area contributed by atoms with Gasteiger partial charge in [-0.25, -0.2) is 0 Å². The van der Waals surface area contributed by atoms with E-state index in [1.54, 1.807) is 22.9 Å². The van der Waals surface area contributed by atoms with Gasteiger partial charge in [0.1, 0.15) is 19.8 Å². The van der Waals surface area contributed by atoms with Gasteiger partial charge in [0.15, 0.2) is 17.3 Å². The molecule has 2 heterocycles. The zero-order valence-corrected chi connectivity index (χ0v) is 15.9. The first-order valence-corrected chi connectivity index (χ1v) is 9.10. The standard InChI is InChI=1S/C21H22N4O3/c1-24(2)21-17(15-6-4-3-5-7-15)13-25(23-21)14-20(26)22-16-8-9-18-19(12-16)28-11-10-27-18/h3-9,12-13H,10-11,14H2,1-2H3,(H,22,26). The number of amides is 1. The highest BCUT2D eigenvalue weighted by atomic mass is 16.6. The van der Waals surface area contributed by atoms with Crippen molar-refractivity contribution in [2.24, 2.45) is 0 Å². The Hall–Kier alpha value is -3.48. The topological polar surface area (TPSA) is 68.6 Å². The molecule has 1 aliphatic heterocycles. The Bertz CT molecular complexity index is 983. The predicted octanol–water partition coefficient (Wildman–Crippen LogP) is 3.03. The van der Waals surface area contributed by atoms with Crippen molar-refractivity contribution in [1.29, 1.82) is 0 Å². The first-order valence-electron chi connectivity index (χ1n) is 9.10. The second-order valence-corrected chi connectivity index (χ2v) is 6.73. The Morgan fingerprint density at radius 2 is 1.86 bits per heavy atom. The summed E-state index contributed by atoms with van der Waals surface area (Å²) in [5, 5.41) is 7.46. The number of fused-ring (bicyclic) bond motifs is 1. The van der Waals surface area contributed by atoms with Crippen LogP contribution in [0, 0.1) is 0 Å². The number of hydrogen-bond donors (Lipinski definition) is 1. The first-order chi connectivity index (χ1) is 13.6. The summed E-state index contributed by atoms with van der Waals surface area (Å²) in [6.07, 6.45) is 1.90. The van der Waals surface area contributed by atoms with Crippen LogP contribution < -0.4 is 19.7 Å². The maximum absolute atomic E-state index is 12.5. The Labute approximate surface area is 163 Å². The highest BCUT2D eigenvalue weighted by Gasteiger charge is 2.16. The third-order valence-corrected chi connectivity index (χ3v) is 4.38. The summed E-state index contributed by atoms with van der Waals surface area (Å²) in [7, 11) is 3.88. The van der Waals surface area contributed by atoms with Crippen molar-refractivity contribution in [1.82, 2.24) is 9.78 Å². The number of hydrogen-bond acceptors (Lipinski definition) is 5. The van der Waals surface area contributed by atoms with Crippen LogP contribution in [0.5, 0.6) is 11.5 Å². The van der Waals surface area contributed by atoms with Crippen LogP contribution in [-0.2, 0) is 11.3 Å². The minimum Gasteiger partial charge on any atom is -0.486 e. The molecule has 7 heteroatoms. The molecule has 0 saturated heterocycles. The van der Waals surface area contributed by atoms with Crippen LogP contribution in [0.3, 0.4) is 0 Å². The molecule has 2 aromatic carbocycles. The molecule has 3 aromatic rings. The van der Waals surface area contributed by atoms with Gasteiger partial charge in [-0.3, -0.25) is 9.48 Å². The van der Waals surface area contributed by atoms with E-state index >= 15 is 0 Å². The van der Waals surface area contributed by atoms with E-state index in [2.05, 4.69) is 10.4 Å². The predicted molar refractivity (Wildman–Crippen MR) is 108 cm³/mol. The molecule has 0 atom stereocenters. The van der Waals surface area contributed by atoms with E-state index in [0.717, 1.165) is 16.9 Å². The van der Waals surface area contributed by atoms with E-state index in [1.807, 2.05) is 55.5 Å². The molecule has 0 saturated carbocycles. The smallest absolute Gasteiger partial charge is 0.246 e. The van der Waals surface area contributed by atoms with E-state index in [1.165, 1.54) is 0 Å². The second-order valence-electron chi connectivity index (χ2n) is 6.73. The molecule has 0 fully saturated rings. The number of benzene rings is 2. The molecule has 0 unspecified atom stereocenters. The highest BCUT2D eigenvalue weighted by Crippen LogP contribution is 2.32. The summed E-state index contributed by atoms with van der Waals surface area (Å²) in [5.41, 5.74) is 2.71. The summed E-state index contributed by atoms with van der Waals surface area (Å²) in [6.45, 7) is 1.16. The lowest BCUT2D eigenvalue weighted by atomic mass is 10.1. The van der Waals surface area contributed by atoms with Gasteiger partial charge in [0.2, 0.25) is 5.91 Å². The van der Waals surface area contributed by atoms with Gasteiger partial charge in [-0.1, -0.05) is 30.3 Å². The number of nitrogens with one attached hydrogen (secondary N) is 1. The van der Waals surface area contributed by atoms with Crippen molar-refractivity contribution < 1.29 is 14.3 Å². The summed E-state index contributed by atoms with van der Waals surface area (Å²) in [6, 6.07) is 15.4. The van der Waals surface area contributed by atoms with Crippen LogP contribution in [0.1, 0.15) is 0 Å². The van der Waals surface area contributed by atoms with Crippen molar-refractivity contribution >= 4 is 17.4 Å². The molecule has 1 amide bonds. The lowest BCUT2D eigenvalue weighted by molar-refractivity contribution is -0.116. The van der Waals surface area contributed by atoms with Gasteiger partial charge >= 0.3 is 0 Å². The average molecular weight is 378 g/mol. The molecular weight excluding hydrogens is 356 g/mol. The van der Waals surface area contributed by atoms with Crippen LogP contribution in [0.4, 0.5) is 11.5 Å².